The lowest BCUT2D eigenvalue weighted by atomic mass is 10.2. The van der Waals surface area contributed by atoms with Gasteiger partial charge in [-0.25, -0.2) is 0 Å². The summed E-state index contributed by atoms with van der Waals surface area (Å²) >= 11 is 0. The third-order valence-corrected chi connectivity index (χ3v) is 5.15. The monoisotopic (exact) mass is 183 g/mol. The molecule has 0 saturated heterocycles. The molecule has 0 atom stereocenters. The highest BCUT2D eigenvalue weighted by Crippen LogP contribution is 2.03. The summed E-state index contributed by atoms with van der Waals surface area (Å²) in [6.07, 6.45) is 7.15. The second-order valence-electron chi connectivity index (χ2n) is 2.47. The molecule has 0 aliphatic rings. The van der Waals surface area contributed by atoms with E-state index in [1.165, 1.54) is 47.2 Å². The van der Waals surface area contributed by atoms with Gasteiger partial charge in [0, 0.05) is 27.4 Å². The van der Waals surface area contributed by atoms with Crippen LogP contribution in [-0.2, 0) is 0 Å². The van der Waals surface area contributed by atoms with Crippen LogP contribution in [0.2, 0.25) is 6.04 Å². The van der Waals surface area contributed by atoms with Gasteiger partial charge in [0.1, 0.15) is 0 Å². The summed E-state index contributed by atoms with van der Waals surface area (Å²) in [5.74, 6) is 0. The summed E-state index contributed by atoms with van der Waals surface area (Å²) in [5, 5.41) is 0. The molecule has 0 saturated carbocycles. The lowest BCUT2D eigenvalue weighted by Crippen LogP contribution is -2.01. The van der Waals surface area contributed by atoms with Crippen LogP contribution in [0, 0.1) is 0 Å². The molecular weight excluding hydrogens is 168 g/mol. The Hall–Kier alpha value is 0.651. The molecule has 0 rings (SSSR count). The quantitative estimate of drug-likeness (QED) is 0.417. The van der Waals surface area contributed by atoms with Crippen LogP contribution < -0.4 is 0 Å². The maximum absolute atomic E-state index is 3.52. The van der Waals surface area contributed by atoms with E-state index in [0.29, 0.717) is 0 Å². The van der Waals surface area contributed by atoms with Crippen molar-refractivity contribution in [2.24, 2.45) is 0 Å². The lowest BCUT2D eigenvalue weighted by molar-refractivity contribution is 0.656. The normalized spacial score (nSPS) is 10.2. The van der Waals surface area contributed by atoms with Crippen molar-refractivity contribution in [2.45, 2.75) is 45.1 Å². The highest BCUT2D eigenvalue weighted by molar-refractivity contribution is 7.23. The predicted molar refractivity (Wildman–Crippen MR) is 50.8 cm³/mol. The molecule has 0 aromatic heterocycles. The van der Waals surface area contributed by atoms with Gasteiger partial charge in [-0.15, -0.1) is 0 Å². The third-order valence-electron chi connectivity index (χ3n) is 1.49. The zero-order chi connectivity index (χ0) is 7.66. The highest BCUT2D eigenvalue weighted by atomic mass is 29.5. The summed E-state index contributed by atoms with van der Waals surface area (Å²) in [4.78, 5) is 0. The minimum atomic E-state index is 1.00. The summed E-state index contributed by atoms with van der Waals surface area (Å²) in [5.41, 5.74) is 0. The van der Waals surface area contributed by atoms with Crippen LogP contribution in [0.15, 0.2) is 0 Å². The Kier molecular flexibility index (Phi) is 10.3. The van der Waals surface area contributed by atoms with Gasteiger partial charge in [0.15, 0.2) is 0 Å². The first-order chi connectivity index (χ1) is 4.91. The Morgan fingerprint density at radius 1 is 1.10 bits per heavy atom. The van der Waals surface area contributed by atoms with Crippen LogP contribution in [0.25, 0.3) is 0 Å². The Labute approximate surface area is 72.8 Å². The molecule has 55 valence electrons. The fourth-order valence-electron chi connectivity index (χ4n) is 0.879. The van der Waals surface area contributed by atoms with E-state index in [2.05, 4.69) is 16.7 Å². The zero-order valence-electron chi connectivity index (χ0n) is 6.74. The molecule has 0 aliphatic heterocycles. The van der Waals surface area contributed by atoms with E-state index >= 15 is 0 Å². The molecule has 0 heterocycles. The van der Waals surface area contributed by atoms with Gasteiger partial charge in [0.25, 0.3) is 0 Å². The first-order valence-electron chi connectivity index (χ1n) is 4.06. The summed E-state index contributed by atoms with van der Waals surface area (Å²) in [6, 6.07) is 1.45. The van der Waals surface area contributed by atoms with E-state index in [9.17, 15) is 0 Å². The molecule has 0 bridgehead atoms. The Morgan fingerprint density at radius 3 is 2.40 bits per heavy atom. The first-order valence-corrected chi connectivity index (χ1v) is 8.77. The molecule has 0 aliphatic carbocycles. The van der Waals surface area contributed by atoms with Gasteiger partial charge < -0.3 is 0 Å². The molecule has 0 fully saturated rings. The second kappa shape index (κ2) is 9.65. The molecule has 0 nitrogen and oxygen atoms in total. The Morgan fingerprint density at radius 2 is 1.80 bits per heavy atom. The van der Waals surface area contributed by atoms with Crippen molar-refractivity contribution in [2.75, 3.05) is 0 Å². The van der Waals surface area contributed by atoms with Crippen LogP contribution in [0.4, 0.5) is 0 Å². The van der Waals surface area contributed by atoms with E-state index in [-0.39, 0.29) is 0 Å². The third kappa shape index (κ3) is 8.65. The van der Waals surface area contributed by atoms with Gasteiger partial charge in [0.2, 0.25) is 0 Å². The fourth-order valence-corrected chi connectivity index (χ4v) is 3.46. The van der Waals surface area contributed by atoms with E-state index in [1.807, 2.05) is 0 Å². The van der Waals surface area contributed by atoms with E-state index in [0.717, 1.165) is 8.55 Å². The number of unbranched alkanes of at least 4 members (excludes halogenated alkanes) is 4. The molecule has 0 N–H and O–H groups in total. The predicted octanol–water partition coefficient (Wildman–Crippen LogP) is 1.78. The van der Waals surface area contributed by atoms with Gasteiger partial charge >= 0.3 is 0 Å². The number of hydrogen-bond donors (Lipinski definition) is 0. The van der Waals surface area contributed by atoms with Gasteiger partial charge in [-0.2, -0.15) is 0 Å². The van der Waals surface area contributed by atoms with Gasteiger partial charge in [-0.3, -0.25) is 0 Å². The second-order valence-corrected chi connectivity index (χ2v) is 7.63. The molecule has 0 unspecified atom stereocenters. The summed E-state index contributed by atoms with van der Waals surface area (Å²) in [7, 11) is 5.69. The topological polar surface area (TPSA) is 0 Å². The van der Waals surface area contributed by atoms with Crippen molar-refractivity contribution in [1.82, 2.24) is 0 Å². The average molecular weight is 183 g/mol. The SMILES string of the molecule is CCCCCCC[Si][Si][Si]. The smallest absolute Gasteiger partial charge is 0.0180 e. The molecular formula is C7H15Si3. The Balaban J connectivity index is 2.65. The fraction of sp³-hybridized carbons (Fsp3) is 1.00. The van der Waals surface area contributed by atoms with E-state index in [4.69, 9.17) is 0 Å². The van der Waals surface area contributed by atoms with Gasteiger partial charge in [-0.1, -0.05) is 45.1 Å². The van der Waals surface area contributed by atoms with Crippen molar-refractivity contribution < 1.29 is 0 Å². The number of hydrogen-bond acceptors (Lipinski definition) is 0. The zero-order valence-corrected chi connectivity index (χ0v) is 9.74. The largest absolute Gasteiger partial charge is 0.0654 e. The van der Waals surface area contributed by atoms with E-state index in [1.54, 1.807) is 0 Å². The minimum absolute atomic E-state index is 1.00. The molecule has 0 spiro atoms. The molecule has 0 amide bonds. The standard InChI is InChI=1S/C7H15Si3/c1-2-3-4-5-6-7-9-10-8/h2-7H2,1H3. The van der Waals surface area contributed by atoms with Crippen molar-refractivity contribution in [3.05, 3.63) is 0 Å². The number of rotatable bonds is 7. The minimum Gasteiger partial charge on any atom is -0.0654 e. The van der Waals surface area contributed by atoms with Crippen molar-refractivity contribution in [3.8, 4) is 0 Å². The first kappa shape index (κ1) is 10.7. The van der Waals surface area contributed by atoms with Crippen molar-refractivity contribution in [1.29, 1.82) is 0 Å². The molecule has 10 heavy (non-hydrogen) atoms. The van der Waals surface area contributed by atoms with Crippen LogP contribution in [0.5, 0.6) is 0 Å². The van der Waals surface area contributed by atoms with Crippen LogP contribution in [0.1, 0.15) is 39.0 Å². The Bertz CT molecular complexity index is 48.8. The molecule has 3 heteroatoms. The van der Waals surface area contributed by atoms with Crippen molar-refractivity contribution in [3.63, 3.8) is 0 Å². The van der Waals surface area contributed by atoms with Crippen LogP contribution in [-0.4, -0.2) is 27.4 Å². The molecule has 0 aromatic rings. The van der Waals surface area contributed by atoms with Crippen LogP contribution in [0.3, 0.4) is 0 Å². The molecule has 7 radical (unpaired) electrons. The summed E-state index contributed by atoms with van der Waals surface area (Å²) < 4.78 is 0. The van der Waals surface area contributed by atoms with Gasteiger partial charge in [-0.05, 0) is 0 Å². The maximum Gasteiger partial charge on any atom is 0.0180 e. The maximum atomic E-state index is 3.52. The summed E-state index contributed by atoms with van der Waals surface area (Å²) in [6.45, 7) is 2.27. The highest BCUT2D eigenvalue weighted by Gasteiger charge is 1.88. The average Bonchev–Trinajstić information content (AvgIpc) is 1.97. The van der Waals surface area contributed by atoms with E-state index < -0.39 is 0 Å². The van der Waals surface area contributed by atoms with Gasteiger partial charge in [0.05, 0.1) is 0 Å². The van der Waals surface area contributed by atoms with Crippen LogP contribution >= 0.6 is 0 Å². The molecule has 0 aromatic carbocycles. The lowest BCUT2D eigenvalue weighted by Gasteiger charge is -1.96. The van der Waals surface area contributed by atoms with Crippen molar-refractivity contribution >= 4 is 27.4 Å².